The van der Waals surface area contributed by atoms with Gasteiger partial charge in [0.25, 0.3) is 0 Å². The van der Waals surface area contributed by atoms with Crippen LogP contribution in [0.15, 0.2) is 54.9 Å². The molecule has 0 saturated heterocycles. The zero-order valence-corrected chi connectivity index (χ0v) is 20.0. The maximum absolute atomic E-state index is 12.9. The smallest absolute Gasteiger partial charge is 0.387 e. The zero-order chi connectivity index (χ0) is 24.9. The van der Waals surface area contributed by atoms with Crippen molar-refractivity contribution in [2.75, 3.05) is 12.3 Å². The van der Waals surface area contributed by atoms with E-state index in [1.54, 1.807) is 42.7 Å². The number of hydrogen-bond donors (Lipinski definition) is 1. The number of aromatic nitrogens is 1. The third-order valence-electron chi connectivity index (χ3n) is 5.51. The van der Waals surface area contributed by atoms with Crippen molar-refractivity contribution in [1.82, 2.24) is 0 Å². The van der Waals surface area contributed by atoms with Crippen LogP contribution in [0, 0.1) is 5.92 Å². The van der Waals surface area contributed by atoms with Gasteiger partial charge in [0, 0.05) is 17.7 Å². The van der Waals surface area contributed by atoms with Crippen LogP contribution in [0.4, 0.5) is 14.5 Å². The van der Waals surface area contributed by atoms with Crippen LogP contribution in [0.25, 0.3) is 0 Å². The minimum Gasteiger partial charge on any atom is -0.489 e. The number of anilines is 1. The Labute approximate surface area is 210 Å². The predicted octanol–water partition coefficient (Wildman–Crippen LogP) is 5.92. The summed E-state index contributed by atoms with van der Waals surface area (Å²) in [6, 6.07) is 10.7. The van der Waals surface area contributed by atoms with E-state index >= 15 is 0 Å². The van der Waals surface area contributed by atoms with Gasteiger partial charge in [-0.05, 0) is 60.7 Å². The summed E-state index contributed by atoms with van der Waals surface area (Å²) in [6.07, 6.45) is 4.44. The Morgan fingerprint density at radius 3 is 2.37 bits per heavy atom. The number of hydrogen-bond acceptors (Lipinski definition) is 5. The minimum absolute atomic E-state index is 0.0987. The van der Waals surface area contributed by atoms with Gasteiger partial charge in [0.1, 0.15) is 16.1 Å². The number of H-pyrrole nitrogens is 1. The number of pyridine rings is 1. The third kappa shape index (κ3) is 6.74. The van der Waals surface area contributed by atoms with E-state index in [-0.39, 0.29) is 17.9 Å². The van der Waals surface area contributed by atoms with Crippen molar-refractivity contribution >= 4 is 34.9 Å². The highest BCUT2D eigenvalue weighted by Crippen LogP contribution is 2.38. The first-order chi connectivity index (χ1) is 16.8. The molecule has 1 aliphatic carbocycles. The van der Waals surface area contributed by atoms with Gasteiger partial charge in [0.05, 0.1) is 12.2 Å². The van der Waals surface area contributed by atoms with Crippen LogP contribution in [-0.2, 0) is 11.2 Å². The second-order valence-corrected chi connectivity index (χ2v) is 9.00. The fraction of sp³-hybridized carbons (Fsp3) is 0.280. The van der Waals surface area contributed by atoms with E-state index in [0.29, 0.717) is 44.9 Å². The second kappa shape index (κ2) is 11.1. The van der Waals surface area contributed by atoms with Crippen molar-refractivity contribution in [2.24, 2.45) is 5.92 Å². The van der Waals surface area contributed by atoms with Crippen LogP contribution in [0.3, 0.4) is 0 Å². The van der Waals surface area contributed by atoms with E-state index in [1.807, 2.05) is 0 Å². The topological polar surface area (TPSA) is 84.9 Å². The summed E-state index contributed by atoms with van der Waals surface area (Å²) in [5.74, 6) is -0.173. The number of carbonyl (C=O) groups excluding carboxylic acids is 1. The lowest BCUT2D eigenvalue weighted by Crippen LogP contribution is -2.16. The first kappa shape index (κ1) is 25.0. The standard InChI is InChI=1S/C25H22Cl2F2N2O4/c26-19-11-31-12-20(27)18(19)10-22(34-24(32)15-3-6-17(30)7-4-15)16-5-8-21(35-25(28)29)23(9-16)33-13-14-1-2-14/h3-9,11-12,14,22,25H,1-2,10,13,30H2/p+1/t22-/m0/s1. The molecule has 1 aromatic heterocycles. The molecule has 10 heteroatoms. The van der Waals surface area contributed by atoms with Crippen LogP contribution in [0.2, 0.25) is 10.0 Å². The van der Waals surface area contributed by atoms with E-state index in [0.717, 1.165) is 12.8 Å². The van der Waals surface area contributed by atoms with E-state index in [9.17, 15) is 13.6 Å². The lowest BCUT2D eigenvalue weighted by atomic mass is 10.0. The van der Waals surface area contributed by atoms with Gasteiger partial charge in [-0.2, -0.15) is 8.78 Å². The number of nitrogens with one attached hydrogen (secondary N) is 1. The fourth-order valence-electron chi connectivity index (χ4n) is 3.42. The largest absolute Gasteiger partial charge is 0.489 e. The number of nitrogen functional groups attached to an aromatic ring is 1. The van der Waals surface area contributed by atoms with Gasteiger partial charge in [-0.15, -0.1) is 0 Å². The van der Waals surface area contributed by atoms with Gasteiger partial charge < -0.3 is 19.9 Å². The maximum Gasteiger partial charge on any atom is 0.387 e. The lowest BCUT2D eigenvalue weighted by molar-refractivity contribution is -0.377. The summed E-state index contributed by atoms with van der Waals surface area (Å²) in [5, 5.41) is 0.711. The maximum atomic E-state index is 12.9. The van der Waals surface area contributed by atoms with Crippen molar-refractivity contribution in [2.45, 2.75) is 32.0 Å². The molecule has 2 aromatic carbocycles. The van der Waals surface area contributed by atoms with Crippen LogP contribution < -0.4 is 20.2 Å². The third-order valence-corrected chi connectivity index (χ3v) is 6.18. The van der Waals surface area contributed by atoms with Crippen molar-refractivity contribution in [3.8, 4) is 11.5 Å². The number of ether oxygens (including phenoxy) is 3. The first-order valence-corrected chi connectivity index (χ1v) is 11.7. The van der Waals surface area contributed by atoms with Crippen LogP contribution in [0.1, 0.15) is 40.4 Å². The zero-order valence-electron chi connectivity index (χ0n) is 18.5. The summed E-state index contributed by atoms with van der Waals surface area (Å²) in [6.45, 7) is -2.63. The first-order valence-electron chi connectivity index (χ1n) is 10.9. The van der Waals surface area contributed by atoms with Crippen LogP contribution in [0.5, 0.6) is 11.5 Å². The number of alkyl halides is 2. The molecule has 1 aliphatic rings. The van der Waals surface area contributed by atoms with Crippen molar-refractivity contribution in [3.63, 3.8) is 0 Å². The van der Waals surface area contributed by atoms with Gasteiger partial charge in [0.15, 0.2) is 23.9 Å². The van der Waals surface area contributed by atoms with Gasteiger partial charge in [-0.25, -0.2) is 9.78 Å². The summed E-state index contributed by atoms with van der Waals surface area (Å²) in [5.41, 5.74) is 7.56. The number of carbonyl (C=O) groups is 1. The van der Waals surface area contributed by atoms with Gasteiger partial charge in [-0.3, -0.25) is 0 Å². The number of benzene rings is 2. The molecule has 1 atom stereocenters. The molecule has 0 unspecified atom stereocenters. The highest BCUT2D eigenvalue weighted by atomic mass is 35.5. The molecule has 1 saturated carbocycles. The minimum atomic E-state index is -3.01. The second-order valence-electron chi connectivity index (χ2n) is 8.19. The predicted molar refractivity (Wildman–Crippen MR) is 127 cm³/mol. The SMILES string of the molecule is Nc1ccc(C(=O)O[C@@H](Cc2c(Cl)c[nH+]cc2Cl)c2ccc(OC(F)F)c(OCC3CC3)c2)cc1. The average molecular weight is 524 g/mol. The molecule has 0 radical (unpaired) electrons. The molecule has 0 aliphatic heterocycles. The molecule has 1 heterocycles. The molecule has 3 aromatic rings. The number of aromatic amines is 1. The number of halogens is 4. The Morgan fingerprint density at radius 2 is 1.74 bits per heavy atom. The van der Waals surface area contributed by atoms with Crippen molar-refractivity contribution in [3.05, 3.63) is 81.6 Å². The lowest BCUT2D eigenvalue weighted by Gasteiger charge is -2.21. The molecule has 3 N–H and O–H groups in total. The van der Waals surface area contributed by atoms with Crippen molar-refractivity contribution in [1.29, 1.82) is 0 Å². The molecule has 4 rings (SSSR count). The summed E-state index contributed by atoms with van der Waals surface area (Å²) >= 11 is 12.7. The van der Waals surface area contributed by atoms with E-state index in [1.165, 1.54) is 12.1 Å². The highest BCUT2D eigenvalue weighted by molar-refractivity contribution is 6.35. The normalized spacial score (nSPS) is 14.0. The Hall–Kier alpha value is -3.10. The van der Waals surface area contributed by atoms with Gasteiger partial charge in [0.2, 0.25) is 0 Å². The number of rotatable bonds is 10. The summed E-state index contributed by atoms with van der Waals surface area (Å²) < 4.78 is 42.1. The van der Waals surface area contributed by atoms with Crippen LogP contribution >= 0.6 is 23.2 Å². The van der Waals surface area contributed by atoms with Crippen molar-refractivity contribution < 1.29 is 32.8 Å². The molecular weight excluding hydrogens is 501 g/mol. The Morgan fingerprint density at radius 1 is 1.06 bits per heavy atom. The molecule has 1 fully saturated rings. The van der Waals surface area contributed by atoms with Gasteiger partial charge >= 0.3 is 12.6 Å². The average Bonchev–Trinajstić information content (AvgIpc) is 3.65. The van der Waals surface area contributed by atoms with E-state index < -0.39 is 18.7 Å². The number of esters is 1. The molecule has 0 amide bonds. The molecule has 35 heavy (non-hydrogen) atoms. The molecule has 6 nitrogen and oxygen atoms in total. The van der Waals surface area contributed by atoms with E-state index in [2.05, 4.69) is 9.72 Å². The molecular formula is C25H23Cl2F2N2O4+. The Balaban J connectivity index is 1.67. The highest BCUT2D eigenvalue weighted by Gasteiger charge is 2.26. The summed E-state index contributed by atoms with van der Waals surface area (Å²) in [7, 11) is 0. The quantitative estimate of drug-likeness (QED) is 0.263. The Bertz CT molecular complexity index is 1170. The van der Waals surface area contributed by atoms with Gasteiger partial charge in [-0.1, -0.05) is 29.3 Å². The Kier molecular flexibility index (Phi) is 7.93. The molecule has 0 spiro atoms. The fourth-order valence-corrected chi connectivity index (χ4v) is 3.96. The number of nitrogens with two attached hydrogens (primary N) is 1. The molecule has 184 valence electrons. The summed E-state index contributed by atoms with van der Waals surface area (Å²) in [4.78, 5) is 15.8. The van der Waals surface area contributed by atoms with Crippen LogP contribution in [-0.4, -0.2) is 19.2 Å². The molecule has 0 bridgehead atoms. The monoisotopic (exact) mass is 523 g/mol. The van der Waals surface area contributed by atoms with E-state index in [4.69, 9.17) is 38.4 Å².